The zero-order valence-corrected chi connectivity index (χ0v) is 8.52. The van der Waals surface area contributed by atoms with Crippen molar-refractivity contribution in [2.75, 3.05) is 0 Å². The lowest BCUT2D eigenvalue weighted by atomic mass is 10.1. The van der Waals surface area contributed by atoms with E-state index in [-0.39, 0.29) is 17.7 Å². The molecule has 6 heteroatoms. The van der Waals surface area contributed by atoms with Gasteiger partial charge in [-0.25, -0.2) is 0 Å². The third kappa shape index (κ3) is 2.29. The topological polar surface area (TPSA) is 80.4 Å². The van der Waals surface area contributed by atoms with Crippen LogP contribution in [0.2, 0.25) is 0 Å². The van der Waals surface area contributed by atoms with E-state index in [9.17, 15) is 14.9 Å². The van der Waals surface area contributed by atoms with Gasteiger partial charge in [0, 0.05) is 10.5 Å². The number of carboxylic acid groups (broad SMARTS) is 1. The summed E-state index contributed by atoms with van der Waals surface area (Å²) >= 11 is 3.08. The fourth-order valence-electron chi connectivity index (χ4n) is 1.04. The summed E-state index contributed by atoms with van der Waals surface area (Å²) in [6, 6.07) is 4.35. The number of carboxylic acids is 1. The molecule has 0 aliphatic heterocycles. The lowest BCUT2D eigenvalue weighted by Crippen LogP contribution is -2.04. The summed E-state index contributed by atoms with van der Waals surface area (Å²) in [5.74, 6) is -1.10. The number of nitrogens with zero attached hydrogens (tertiary/aromatic N) is 1. The Morgan fingerprint density at radius 3 is 2.71 bits per heavy atom. The summed E-state index contributed by atoms with van der Waals surface area (Å²) in [7, 11) is 0. The average Bonchev–Trinajstić information content (AvgIpc) is 2.07. The Kier molecular flexibility index (Phi) is 3.19. The van der Waals surface area contributed by atoms with Crippen LogP contribution in [-0.2, 0) is 11.2 Å². The van der Waals surface area contributed by atoms with Crippen molar-refractivity contribution in [3.05, 3.63) is 38.3 Å². The molecule has 0 radical (unpaired) electrons. The molecule has 14 heavy (non-hydrogen) atoms. The monoisotopic (exact) mass is 259 g/mol. The molecule has 0 spiro atoms. The van der Waals surface area contributed by atoms with E-state index in [0.717, 1.165) is 0 Å². The van der Waals surface area contributed by atoms with Crippen molar-refractivity contribution in [1.82, 2.24) is 0 Å². The van der Waals surface area contributed by atoms with E-state index >= 15 is 0 Å². The second-order valence-electron chi connectivity index (χ2n) is 2.57. The van der Waals surface area contributed by atoms with E-state index in [4.69, 9.17) is 5.11 Å². The van der Waals surface area contributed by atoms with Gasteiger partial charge in [-0.1, -0.05) is 22.0 Å². The van der Waals surface area contributed by atoms with Gasteiger partial charge in [-0.15, -0.1) is 0 Å². The maximum Gasteiger partial charge on any atom is 0.308 e. The molecule has 0 fully saturated rings. The molecule has 1 aromatic rings. The molecule has 0 bridgehead atoms. The molecule has 1 rings (SSSR count). The minimum Gasteiger partial charge on any atom is -0.481 e. The van der Waals surface area contributed by atoms with Crippen LogP contribution in [-0.4, -0.2) is 16.0 Å². The number of benzene rings is 1. The number of rotatable bonds is 3. The van der Waals surface area contributed by atoms with E-state index in [0.29, 0.717) is 4.47 Å². The van der Waals surface area contributed by atoms with Crippen LogP contribution >= 0.6 is 15.9 Å². The summed E-state index contributed by atoms with van der Waals surface area (Å²) in [5, 5.41) is 19.1. The SMILES string of the molecule is O=C(O)Cc1c(Br)cccc1[N+](=O)[O-]. The second-order valence-corrected chi connectivity index (χ2v) is 3.42. The number of carbonyl (C=O) groups is 1. The van der Waals surface area contributed by atoms with Crippen LogP contribution in [0.3, 0.4) is 0 Å². The molecule has 1 N–H and O–H groups in total. The second kappa shape index (κ2) is 4.19. The highest BCUT2D eigenvalue weighted by molar-refractivity contribution is 9.10. The zero-order valence-electron chi connectivity index (χ0n) is 6.94. The summed E-state index contributed by atoms with van der Waals surface area (Å²) < 4.78 is 0.439. The number of nitro groups is 1. The summed E-state index contributed by atoms with van der Waals surface area (Å²) in [6.07, 6.45) is -0.363. The maximum absolute atomic E-state index is 10.5. The van der Waals surface area contributed by atoms with Crippen LogP contribution in [0.5, 0.6) is 0 Å². The first-order valence-electron chi connectivity index (χ1n) is 3.66. The van der Waals surface area contributed by atoms with E-state index in [1.807, 2.05) is 0 Å². The predicted molar refractivity (Wildman–Crippen MR) is 52.1 cm³/mol. The molecule has 1 aromatic carbocycles. The number of hydrogen-bond acceptors (Lipinski definition) is 3. The minimum atomic E-state index is -1.10. The largest absolute Gasteiger partial charge is 0.481 e. The predicted octanol–water partition coefficient (Wildman–Crippen LogP) is 1.98. The molecule has 5 nitrogen and oxygen atoms in total. The van der Waals surface area contributed by atoms with Gasteiger partial charge in [0.2, 0.25) is 0 Å². The van der Waals surface area contributed by atoms with E-state index in [2.05, 4.69) is 15.9 Å². The van der Waals surface area contributed by atoms with Gasteiger partial charge in [-0.3, -0.25) is 14.9 Å². The fraction of sp³-hybridized carbons (Fsp3) is 0.125. The van der Waals surface area contributed by atoms with Crippen LogP contribution in [0.1, 0.15) is 5.56 Å². The Morgan fingerprint density at radius 1 is 1.57 bits per heavy atom. The van der Waals surface area contributed by atoms with Crippen molar-refractivity contribution in [1.29, 1.82) is 0 Å². The van der Waals surface area contributed by atoms with Crippen molar-refractivity contribution < 1.29 is 14.8 Å². The lowest BCUT2D eigenvalue weighted by molar-refractivity contribution is -0.385. The first-order chi connectivity index (χ1) is 6.52. The Balaban J connectivity index is 3.22. The Hall–Kier alpha value is -1.43. The van der Waals surface area contributed by atoms with Crippen LogP contribution < -0.4 is 0 Å². The number of nitro benzene ring substituents is 1. The lowest BCUT2D eigenvalue weighted by Gasteiger charge is -2.01. The Labute approximate surface area is 87.6 Å². The van der Waals surface area contributed by atoms with Gasteiger partial charge in [-0.2, -0.15) is 0 Å². The van der Waals surface area contributed by atoms with Gasteiger partial charge in [-0.05, 0) is 6.07 Å². The van der Waals surface area contributed by atoms with Gasteiger partial charge in [0.25, 0.3) is 5.69 Å². The molecule has 0 amide bonds. The summed E-state index contributed by atoms with van der Waals surface area (Å²) in [5.41, 5.74) is 0.00627. The maximum atomic E-state index is 10.5. The highest BCUT2D eigenvalue weighted by Crippen LogP contribution is 2.26. The van der Waals surface area contributed by atoms with Crippen molar-refractivity contribution in [2.45, 2.75) is 6.42 Å². The molecule has 0 saturated heterocycles. The fourth-order valence-corrected chi connectivity index (χ4v) is 1.54. The molecule has 74 valence electrons. The highest BCUT2D eigenvalue weighted by Gasteiger charge is 2.18. The molecular formula is C8H6BrNO4. The molecule has 0 aliphatic carbocycles. The van der Waals surface area contributed by atoms with Crippen LogP contribution in [0, 0.1) is 10.1 Å². The number of hydrogen-bond donors (Lipinski definition) is 1. The van der Waals surface area contributed by atoms with Gasteiger partial charge in [0.05, 0.1) is 16.9 Å². The zero-order chi connectivity index (χ0) is 10.7. The molecule has 0 aromatic heterocycles. The quantitative estimate of drug-likeness (QED) is 0.665. The third-order valence-electron chi connectivity index (χ3n) is 1.62. The normalized spacial score (nSPS) is 9.79. The molecule has 0 aliphatic rings. The molecule has 0 atom stereocenters. The third-order valence-corrected chi connectivity index (χ3v) is 2.36. The van der Waals surface area contributed by atoms with Crippen molar-refractivity contribution in [2.24, 2.45) is 0 Å². The van der Waals surface area contributed by atoms with Crippen molar-refractivity contribution in [3.8, 4) is 0 Å². The summed E-state index contributed by atoms with van der Waals surface area (Å²) in [4.78, 5) is 20.4. The average molecular weight is 260 g/mol. The highest BCUT2D eigenvalue weighted by atomic mass is 79.9. The van der Waals surface area contributed by atoms with E-state index in [1.54, 1.807) is 6.07 Å². The van der Waals surface area contributed by atoms with Gasteiger partial charge >= 0.3 is 5.97 Å². The smallest absolute Gasteiger partial charge is 0.308 e. The van der Waals surface area contributed by atoms with E-state index in [1.165, 1.54) is 12.1 Å². The Bertz CT molecular complexity index is 391. The van der Waals surface area contributed by atoms with E-state index < -0.39 is 10.9 Å². The molecule has 0 unspecified atom stereocenters. The number of aliphatic carboxylic acids is 1. The Morgan fingerprint density at radius 2 is 2.21 bits per heavy atom. The molecule has 0 heterocycles. The van der Waals surface area contributed by atoms with Gasteiger partial charge in [0.15, 0.2) is 0 Å². The summed E-state index contributed by atoms with van der Waals surface area (Å²) in [6.45, 7) is 0. The van der Waals surface area contributed by atoms with Crippen LogP contribution in [0.4, 0.5) is 5.69 Å². The van der Waals surface area contributed by atoms with Gasteiger partial charge in [0.1, 0.15) is 0 Å². The van der Waals surface area contributed by atoms with Crippen LogP contribution in [0.15, 0.2) is 22.7 Å². The van der Waals surface area contributed by atoms with Crippen molar-refractivity contribution in [3.63, 3.8) is 0 Å². The molecule has 0 saturated carbocycles. The van der Waals surface area contributed by atoms with Crippen molar-refractivity contribution >= 4 is 27.6 Å². The minimum absolute atomic E-state index is 0.179. The number of halogens is 1. The molecular weight excluding hydrogens is 254 g/mol. The first-order valence-corrected chi connectivity index (χ1v) is 4.45. The van der Waals surface area contributed by atoms with Crippen LogP contribution in [0.25, 0.3) is 0 Å². The first kappa shape index (κ1) is 10.6. The standard InChI is InChI=1S/C8H6BrNO4/c9-6-2-1-3-7(10(13)14)5(6)4-8(11)12/h1-3H,4H2,(H,11,12). The van der Waals surface area contributed by atoms with Gasteiger partial charge < -0.3 is 5.11 Å².